The highest BCUT2D eigenvalue weighted by Crippen LogP contribution is 2.69. The van der Waals surface area contributed by atoms with Gasteiger partial charge in [-0.25, -0.2) is 0 Å². The lowest BCUT2D eigenvalue weighted by Crippen LogP contribution is -2.44. The number of hydrogen-bond donors (Lipinski definition) is 1. The number of fused-ring (bicyclic) bond motifs is 5. The van der Waals surface area contributed by atoms with Gasteiger partial charge in [0.1, 0.15) is 0 Å². The highest BCUT2D eigenvalue weighted by Gasteiger charge is 2.67. The van der Waals surface area contributed by atoms with Crippen molar-refractivity contribution in [2.45, 2.75) is 52.0 Å². The zero-order chi connectivity index (χ0) is 14.6. The second kappa shape index (κ2) is 5.26. The molecule has 4 aliphatic rings. The first-order chi connectivity index (χ1) is 10.1. The summed E-state index contributed by atoms with van der Waals surface area (Å²) in [7, 11) is 0. The Hall–Kier alpha value is -0.570. The Kier molecular flexibility index (Phi) is 3.52. The molecule has 5 unspecified atom stereocenters. The van der Waals surface area contributed by atoms with Crippen LogP contribution < -0.4 is 5.32 Å². The van der Waals surface area contributed by atoms with E-state index in [0.717, 1.165) is 43.3 Å². The summed E-state index contributed by atoms with van der Waals surface area (Å²) in [5.74, 6) is 4.86. The molecule has 3 aliphatic carbocycles. The first-order valence-electron chi connectivity index (χ1n) is 9.17. The van der Waals surface area contributed by atoms with E-state index in [-0.39, 0.29) is 0 Å². The maximum Gasteiger partial charge on any atom is 0.226 e. The SMILES string of the molecule is CC(C)CN(CC1CCCN1)C(=O)C1C2C3CCC(C3)C12. The predicted molar refractivity (Wildman–Crippen MR) is 83.7 cm³/mol. The number of nitrogens with zero attached hydrogens (tertiary/aromatic N) is 1. The van der Waals surface area contributed by atoms with E-state index in [1.807, 2.05) is 0 Å². The third kappa shape index (κ3) is 2.42. The summed E-state index contributed by atoms with van der Waals surface area (Å²) in [4.78, 5) is 15.3. The third-order valence-electron chi connectivity index (χ3n) is 6.52. The summed E-state index contributed by atoms with van der Waals surface area (Å²) in [6, 6.07) is 0.544. The van der Waals surface area contributed by atoms with Gasteiger partial charge in [0.25, 0.3) is 0 Å². The number of amides is 1. The molecule has 4 fully saturated rings. The monoisotopic (exact) mass is 290 g/mol. The quantitative estimate of drug-likeness (QED) is 0.844. The minimum Gasteiger partial charge on any atom is -0.341 e. The maximum absolute atomic E-state index is 13.1. The first-order valence-corrected chi connectivity index (χ1v) is 9.17. The number of carbonyl (C=O) groups is 1. The molecular formula is C18H30N2O. The molecule has 3 heteroatoms. The predicted octanol–water partition coefficient (Wildman–Crippen LogP) is 2.52. The minimum atomic E-state index is 0.413. The van der Waals surface area contributed by atoms with E-state index >= 15 is 0 Å². The van der Waals surface area contributed by atoms with Gasteiger partial charge in [0.15, 0.2) is 0 Å². The van der Waals surface area contributed by atoms with Crippen molar-refractivity contribution in [3.63, 3.8) is 0 Å². The van der Waals surface area contributed by atoms with Crippen molar-refractivity contribution in [2.24, 2.45) is 35.5 Å². The molecule has 1 aliphatic heterocycles. The summed E-state index contributed by atoms with van der Waals surface area (Å²) in [5.41, 5.74) is 0. The van der Waals surface area contributed by atoms with E-state index in [9.17, 15) is 4.79 Å². The van der Waals surface area contributed by atoms with Crippen molar-refractivity contribution in [1.29, 1.82) is 0 Å². The molecular weight excluding hydrogens is 260 g/mol. The fourth-order valence-corrected chi connectivity index (χ4v) is 5.74. The maximum atomic E-state index is 13.1. The molecule has 0 radical (unpaired) electrons. The van der Waals surface area contributed by atoms with Crippen LogP contribution in [-0.2, 0) is 4.79 Å². The lowest BCUT2D eigenvalue weighted by atomic mass is 10.0. The van der Waals surface area contributed by atoms with Crippen LogP contribution in [0.4, 0.5) is 0 Å². The molecule has 1 N–H and O–H groups in total. The molecule has 0 aromatic carbocycles. The summed E-state index contributed by atoms with van der Waals surface area (Å²) in [6.45, 7) is 7.50. The van der Waals surface area contributed by atoms with E-state index in [4.69, 9.17) is 0 Å². The summed E-state index contributed by atoms with van der Waals surface area (Å²) in [5, 5.41) is 3.56. The minimum absolute atomic E-state index is 0.413. The normalized spacial score (nSPS) is 43.4. The van der Waals surface area contributed by atoms with Gasteiger partial charge in [-0.2, -0.15) is 0 Å². The smallest absolute Gasteiger partial charge is 0.226 e. The van der Waals surface area contributed by atoms with Crippen molar-refractivity contribution >= 4 is 5.91 Å². The van der Waals surface area contributed by atoms with E-state index in [2.05, 4.69) is 24.1 Å². The Morgan fingerprint density at radius 2 is 1.90 bits per heavy atom. The van der Waals surface area contributed by atoms with Crippen LogP contribution in [-0.4, -0.2) is 36.5 Å². The van der Waals surface area contributed by atoms with Crippen LogP contribution >= 0.6 is 0 Å². The van der Waals surface area contributed by atoms with Gasteiger partial charge in [-0.15, -0.1) is 0 Å². The van der Waals surface area contributed by atoms with Gasteiger partial charge in [-0.1, -0.05) is 13.8 Å². The van der Waals surface area contributed by atoms with Gasteiger partial charge in [-0.3, -0.25) is 4.79 Å². The molecule has 1 saturated heterocycles. The molecule has 2 bridgehead atoms. The van der Waals surface area contributed by atoms with Crippen molar-refractivity contribution in [1.82, 2.24) is 10.2 Å². The zero-order valence-corrected chi connectivity index (χ0v) is 13.6. The van der Waals surface area contributed by atoms with Gasteiger partial charge >= 0.3 is 0 Å². The van der Waals surface area contributed by atoms with Crippen LogP contribution in [0.15, 0.2) is 0 Å². The summed E-state index contributed by atoms with van der Waals surface area (Å²) in [6.07, 6.45) is 6.76. The fourth-order valence-electron chi connectivity index (χ4n) is 5.74. The van der Waals surface area contributed by atoms with Gasteiger partial charge in [0.2, 0.25) is 5.91 Å². The van der Waals surface area contributed by atoms with Crippen LogP contribution in [0, 0.1) is 35.5 Å². The van der Waals surface area contributed by atoms with Gasteiger partial charge in [-0.05, 0) is 68.2 Å². The first kappa shape index (κ1) is 14.0. The van der Waals surface area contributed by atoms with Crippen molar-refractivity contribution in [3.8, 4) is 0 Å². The summed E-state index contributed by atoms with van der Waals surface area (Å²) >= 11 is 0. The molecule has 118 valence electrons. The summed E-state index contributed by atoms with van der Waals surface area (Å²) < 4.78 is 0. The van der Waals surface area contributed by atoms with Crippen LogP contribution in [0.1, 0.15) is 46.0 Å². The number of carbonyl (C=O) groups excluding carboxylic acids is 1. The van der Waals surface area contributed by atoms with Crippen molar-refractivity contribution in [2.75, 3.05) is 19.6 Å². The zero-order valence-electron chi connectivity index (χ0n) is 13.6. The Labute approximate surface area is 128 Å². The number of hydrogen-bond acceptors (Lipinski definition) is 2. The molecule has 1 heterocycles. The Morgan fingerprint density at radius 1 is 1.19 bits per heavy atom. The third-order valence-corrected chi connectivity index (χ3v) is 6.52. The van der Waals surface area contributed by atoms with Gasteiger partial charge < -0.3 is 10.2 Å². The van der Waals surface area contributed by atoms with Crippen molar-refractivity contribution in [3.05, 3.63) is 0 Å². The van der Waals surface area contributed by atoms with E-state index in [1.165, 1.54) is 32.1 Å². The van der Waals surface area contributed by atoms with Gasteiger partial charge in [0, 0.05) is 25.0 Å². The lowest BCUT2D eigenvalue weighted by Gasteiger charge is -2.28. The molecule has 3 nitrogen and oxygen atoms in total. The number of nitrogens with one attached hydrogen (secondary N) is 1. The van der Waals surface area contributed by atoms with Crippen molar-refractivity contribution < 1.29 is 4.79 Å². The molecule has 0 spiro atoms. The molecule has 5 atom stereocenters. The average Bonchev–Trinajstić information content (AvgIpc) is 2.87. The van der Waals surface area contributed by atoms with E-state index in [0.29, 0.717) is 23.8 Å². The highest BCUT2D eigenvalue weighted by atomic mass is 16.2. The Bertz CT molecular complexity index is 399. The molecule has 21 heavy (non-hydrogen) atoms. The molecule has 0 aromatic rings. The lowest BCUT2D eigenvalue weighted by molar-refractivity contribution is -0.134. The van der Waals surface area contributed by atoms with E-state index in [1.54, 1.807) is 0 Å². The van der Waals surface area contributed by atoms with Gasteiger partial charge in [0.05, 0.1) is 0 Å². The topological polar surface area (TPSA) is 32.3 Å². The van der Waals surface area contributed by atoms with Crippen LogP contribution in [0.3, 0.4) is 0 Å². The standard InChI is InChI=1S/C18H30N2O/c1-11(2)9-20(10-14-4-3-7-19-14)18(21)17-15-12-5-6-13(8-12)16(15)17/h11-17,19H,3-10H2,1-2H3. The Morgan fingerprint density at radius 3 is 2.48 bits per heavy atom. The molecule has 4 rings (SSSR count). The highest BCUT2D eigenvalue weighted by molar-refractivity contribution is 5.83. The molecule has 3 saturated carbocycles. The second-order valence-corrected chi connectivity index (χ2v) is 8.44. The van der Waals surface area contributed by atoms with E-state index < -0.39 is 0 Å². The fraction of sp³-hybridized carbons (Fsp3) is 0.944. The number of rotatable bonds is 5. The van der Waals surface area contributed by atoms with Crippen LogP contribution in [0.25, 0.3) is 0 Å². The molecule has 0 aromatic heterocycles. The second-order valence-electron chi connectivity index (χ2n) is 8.44. The molecule has 1 amide bonds. The van der Waals surface area contributed by atoms with Crippen LogP contribution in [0.5, 0.6) is 0 Å². The largest absolute Gasteiger partial charge is 0.341 e. The Balaban J connectivity index is 1.42. The average molecular weight is 290 g/mol. The van der Waals surface area contributed by atoms with Crippen LogP contribution in [0.2, 0.25) is 0 Å².